The summed E-state index contributed by atoms with van der Waals surface area (Å²) < 4.78 is 0. The van der Waals surface area contributed by atoms with Gasteiger partial charge in [0.05, 0.1) is 12.5 Å². The van der Waals surface area contributed by atoms with Crippen LogP contribution in [0, 0.1) is 5.92 Å². The Morgan fingerprint density at radius 3 is 2.07 bits per heavy atom. The number of hydrogen-bond acceptors (Lipinski definition) is 8. The Morgan fingerprint density at radius 1 is 0.783 bits per heavy atom. The van der Waals surface area contributed by atoms with E-state index in [1.165, 1.54) is 12.1 Å². The lowest BCUT2D eigenvalue weighted by Gasteiger charge is -2.27. The lowest BCUT2D eigenvalue weighted by molar-refractivity contribution is -0.142. The van der Waals surface area contributed by atoms with Crippen molar-refractivity contribution in [1.82, 2.24) is 26.3 Å². The number of hydrogen-bond donors (Lipinski definition) is 9. The number of phenols is 1. The number of carboxylic acid groups (broad SMARTS) is 2. The Kier molecular flexibility index (Phi) is 12.2. The minimum atomic E-state index is -1.63. The van der Waals surface area contributed by atoms with Gasteiger partial charge in [-0.2, -0.15) is 0 Å². The van der Waals surface area contributed by atoms with E-state index in [-0.39, 0.29) is 18.6 Å². The maximum absolute atomic E-state index is 13.6. The van der Waals surface area contributed by atoms with Gasteiger partial charge in [-0.1, -0.05) is 44.2 Å². The monoisotopic (exact) mass is 638 g/mol. The third kappa shape index (κ3) is 10.1. The van der Waals surface area contributed by atoms with Gasteiger partial charge in [0.2, 0.25) is 23.6 Å². The Labute approximate surface area is 263 Å². The van der Waals surface area contributed by atoms with Crippen molar-refractivity contribution in [3.05, 3.63) is 65.9 Å². The van der Waals surface area contributed by atoms with Gasteiger partial charge in [-0.05, 0) is 41.7 Å². The van der Waals surface area contributed by atoms with E-state index in [0.29, 0.717) is 5.56 Å². The van der Waals surface area contributed by atoms with Crippen molar-refractivity contribution in [3.8, 4) is 5.75 Å². The van der Waals surface area contributed by atoms with Gasteiger partial charge in [0, 0.05) is 23.5 Å². The summed E-state index contributed by atoms with van der Waals surface area (Å²) >= 11 is 0. The van der Waals surface area contributed by atoms with Gasteiger partial charge in [0.15, 0.2) is 0 Å². The number of fused-ring (bicyclic) bond motifs is 1. The molecule has 0 unspecified atom stereocenters. The zero-order valence-corrected chi connectivity index (χ0v) is 25.3. The first-order chi connectivity index (χ1) is 21.7. The molecule has 246 valence electrons. The number of H-pyrrole nitrogens is 1. The second kappa shape index (κ2) is 16.0. The molecule has 0 radical (unpaired) electrons. The topological polar surface area (TPSA) is 253 Å². The molecule has 0 fully saturated rings. The summed E-state index contributed by atoms with van der Waals surface area (Å²) in [5.41, 5.74) is 8.50. The second-order valence-corrected chi connectivity index (χ2v) is 11.1. The molecule has 0 saturated heterocycles. The molecule has 1 heterocycles. The van der Waals surface area contributed by atoms with Crippen molar-refractivity contribution in [1.29, 1.82) is 0 Å². The van der Waals surface area contributed by atoms with Crippen molar-refractivity contribution in [2.45, 2.75) is 57.3 Å². The molecule has 1 aromatic heterocycles. The molecule has 0 aliphatic carbocycles. The number of aromatic nitrogens is 1. The molecule has 0 saturated carbocycles. The molecular weight excluding hydrogens is 600 g/mol. The van der Waals surface area contributed by atoms with E-state index >= 15 is 0 Å². The quantitative estimate of drug-likeness (QED) is 0.0996. The normalized spacial score (nSPS) is 13.7. The number of carbonyl (C=O) groups is 6. The molecule has 3 aromatic rings. The van der Waals surface area contributed by atoms with Gasteiger partial charge < -0.3 is 47.3 Å². The van der Waals surface area contributed by atoms with Gasteiger partial charge in [0.1, 0.15) is 30.4 Å². The van der Waals surface area contributed by atoms with Crippen molar-refractivity contribution in [2.75, 3.05) is 6.54 Å². The van der Waals surface area contributed by atoms with E-state index < -0.39 is 78.6 Å². The SMILES string of the molecule is CC(C)[C@H](NC(=O)[C@H](Cc1ccc(O)cc1)NC(=O)[C@@H](N)Cc1c[nH]c2ccccc12)C(=O)N[C@@H](CC(=O)O)C(=O)NCC(=O)O. The number of amides is 4. The highest BCUT2D eigenvalue weighted by molar-refractivity contribution is 5.96. The van der Waals surface area contributed by atoms with Crippen LogP contribution in [0.5, 0.6) is 5.75 Å². The highest BCUT2D eigenvalue weighted by Crippen LogP contribution is 2.19. The minimum absolute atomic E-state index is 0.00520. The fraction of sp³-hybridized carbons (Fsp3) is 0.355. The van der Waals surface area contributed by atoms with Crippen molar-refractivity contribution in [3.63, 3.8) is 0 Å². The van der Waals surface area contributed by atoms with Crippen LogP contribution < -0.4 is 27.0 Å². The molecule has 3 rings (SSSR count). The molecule has 46 heavy (non-hydrogen) atoms. The van der Waals surface area contributed by atoms with Crippen LogP contribution in [0.1, 0.15) is 31.4 Å². The number of aromatic hydroxyl groups is 1. The molecule has 10 N–H and O–H groups in total. The molecule has 0 spiro atoms. The van der Waals surface area contributed by atoms with Gasteiger partial charge >= 0.3 is 11.9 Å². The number of aromatic amines is 1. The number of aliphatic carboxylic acids is 2. The van der Waals surface area contributed by atoms with Gasteiger partial charge in [0.25, 0.3) is 0 Å². The zero-order chi connectivity index (χ0) is 34.0. The molecule has 4 amide bonds. The van der Waals surface area contributed by atoms with Crippen LogP contribution >= 0.6 is 0 Å². The van der Waals surface area contributed by atoms with E-state index in [2.05, 4.69) is 20.9 Å². The molecule has 15 nitrogen and oxygen atoms in total. The smallest absolute Gasteiger partial charge is 0.322 e. The van der Waals surface area contributed by atoms with Gasteiger partial charge in [-0.3, -0.25) is 28.8 Å². The summed E-state index contributed by atoms with van der Waals surface area (Å²) in [7, 11) is 0. The van der Waals surface area contributed by atoms with Crippen LogP contribution in [-0.2, 0) is 41.6 Å². The van der Waals surface area contributed by atoms with Crippen LogP contribution in [0.4, 0.5) is 0 Å². The summed E-state index contributed by atoms with van der Waals surface area (Å²) in [6.45, 7) is 2.41. The van der Waals surface area contributed by atoms with Crippen molar-refractivity contribution in [2.24, 2.45) is 11.7 Å². The Morgan fingerprint density at radius 2 is 1.43 bits per heavy atom. The van der Waals surface area contributed by atoms with Gasteiger partial charge in [-0.15, -0.1) is 0 Å². The van der Waals surface area contributed by atoms with Crippen molar-refractivity contribution >= 4 is 46.5 Å². The Hall–Kier alpha value is -5.44. The summed E-state index contributed by atoms with van der Waals surface area (Å²) in [4.78, 5) is 77.8. The van der Waals surface area contributed by atoms with Crippen LogP contribution in [0.25, 0.3) is 10.9 Å². The number of para-hydroxylation sites is 1. The summed E-state index contributed by atoms with van der Waals surface area (Å²) in [6, 6.07) is 8.27. The first-order valence-corrected chi connectivity index (χ1v) is 14.5. The predicted octanol–water partition coefficient (Wildman–Crippen LogP) is -0.228. The average Bonchev–Trinajstić information content (AvgIpc) is 3.40. The lowest BCUT2D eigenvalue weighted by atomic mass is 9.99. The number of phenolic OH excluding ortho intramolecular Hbond substituents is 1. The first kappa shape index (κ1) is 35.0. The molecule has 0 aliphatic rings. The highest BCUT2D eigenvalue weighted by atomic mass is 16.4. The highest BCUT2D eigenvalue weighted by Gasteiger charge is 2.33. The summed E-state index contributed by atoms with van der Waals surface area (Å²) in [5, 5.41) is 38.2. The summed E-state index contributed by atoms with van der Waals surface area (Å²) in [6.07, 6.45) is 1.03. The molecule has 0 bridgehead atoms. The minimum Gasteiger partial charge on any atom is -0.508 e. The van der Waals surface area contributed by atoms with E-state index in [9.17, 15) is 39.0 Å². The molecule has 15 heteroatoms. The van der Waals surface area contributed by atoms with Crippen LogP contribution in [0.15, 0.2) is 54.7 Å². The number of rotatable bonds is 16. The van der Waals surface area contributed by atoms with Crippen molar-refractivity contribution < 1.29 is 44.1 Å². The van der Waals surface area contributed by atoms with E-state index in [0.717, 1.165) is 16.5 Å². The van der Waals surface area contributed by atoms with E-state index in [1.54, 1.807) is 32.2 Å². The molecular formula is C31H38N6O9. The second-order valence-electron chi connectivity index (χ2n) is 11.1. The van der Waals surface area contributed by atoms with Crippen LogP contribution in [-0.4, -0.2) is 86.6 Å². The third-order valence-corrected chi connectivity index (χ3v) is 7.13. The average molecular weight is 639 g/mol. The first-order valence-electron chi connectivity index (χ1n) is 14.5. The number of nitrogens with one attached hydrogen (secondary N) is 5. The predicted molar refractivity (Wildman–Crippen MR) is 165 cm³/mol. The maximum atomic E-state index is 13.6. The standard InChI is InChI=1S/C31H38N6O9/c1-16(2)27(31(46)36-24(13-25(39)40)29(44)34-15-26(41)42)37-30(45)23(11-17-7-9-19(38)10-8-17)35-28(43)21(32)12-18-14-33-22-6-4-3-5-20(18)22/h3-10,14,16,21,23-24,27,33,38H,11-13,15,32H2,1-2H3,(H,34,44)(H,35,43)(H,36,46)(H,37,45)(H,39,40)(H,41,42)/t21-,23-,24-,27-/m0/s1. The number of carbonyl (C=O) groups excluding carboxylic acids is 4. The fourth-order valence-corrected chi connectivity index (χ4v) is 4.71. The number of nitrogens with two attached hydrogens (primary N) is 1. The van der Waals surface area contributed by atoms with Gasteiger partial charge in [-0.25, -0.2) is 0 Å². The van der Waals surface area contributed by atoms with E-state index in [4.69, 9.17) is 10.8 Å². The number of carboxylic acids is 2. The van der Waals surface area contributed by atoms with E-state index in [1.807, 2.05) is 29.6 Å². The largest absolute Gasteiger partial charge is 0.508 e. The third-order valence-electron chi connectivity index (χ3n) is 7.13. The Balaban J connectivity index is 1.78. The Bertz CT molecular complexity index is 1570. The van der Waals surface area contributed by atoms with Crippen LogP contribution in [0.3, 0.4) is 0 Å². The zero-order valence-electron chi connectivity index (χ0n) is 25.3. The maximum Gasteiger partial charge on any atom is 0.322 e. The lowest BCUT2D eigenvalue weighted by Crippen LogP contribution is -2.59. The fourth-order valence-electron chi connectivity index (χ4n) is 4.71. The number of benzene rings is 2. The molecule has 0 aliphatic heterocycles. The molecule has 4 atom stereocenters. The molecule has 2 aromatic carbocycles. The van der Waals surface area contributed by atoms with Crippen LogP contribution in [0.2, 0.25) is 0 Å². The summed E-state index contributed by atoms with van der Waals surface area (Å²) in [5.74, 6) is -6.70.